The van der Waals surface area contributed by atoms with Crippen LogP contribution in [0.4, 0.5) is 10.1 Å². The number of halogens is 2. The summed E-state index contributed by atoms with van der Waals surface area (Å²) in [6.07, 6.45) is 3.61. The van der Waals surface area contributed by atoms with E-state index in [1.807, 2.05) is 4.57 Å². The number of likely N-dealkylation sites (tertiary alicyclic amines) is 1. The van der Waals surface area contributed by atoms with Gasteiger partial charge in [-0.1, -0.05) is 35.9 Å². The van der Waals surface area contributed by atoms with Crippen molar-refractivity contribution in [3.05, 3.63) is 65.2 Å². The predicted molar refractivity (Wildman–Crippen MR) is 121 cm³/mol. The summed E-state index contributed by atoms with van der Waals surface area (Å²) in [7, 11) is 0. The molecule has 1 saturated heterocycles. The van der Waals surface area contributed by atoms with Gasteiger partial charge >= 0.3 is 0 Å². The normalized spacial score (nSPS) is 14.5. The van der Waals surface area contributed by atoms with E-state index in [9.17, 15) is 9.18 Å². The number of carbonyl (C=O) groups is 1. The molecular formula is C22H23ClFN5OS. The van der Waals surface area contributed by atoms with Gasteiger partial charge in [0.25, 0.3) is 0 Å². The summed E-state index contributed by atoms with van der Waals surface area (Å²) in [5.74, 6) is 0.476. The summed E-state index contributed by atoms with van der Waals surface area (Å²) in [4.78, 5) is 14.8. The van der Waals surface area contributed by atoms with Gasteiger partial charge < -0.3 is 5.32 Å². The van der Waals surface area contributed by atoms with Gasteiger partial charge in [0, 0.05) is 16.4 Å². The number of anilines is 1. The molecule has 0 atom stereocenters. The van der Waals surface area contributed by atoms with Crippen LogP contribution in [0, 0.1) is 5.82 Å². The molecule has 0 spiro atoms. The third-order valence-corrected chi connectivity index (χ3v) is 6.20. The first-order valence-electron chi connectivity index (χ1n) is 10.2. The number of carbonyl (C=O) groups excluding carboxylic acids is 1. The molecular weight excluding hydrogens is 437 g/mol. The fourth-order valence-electron chi connectivity index (χ4n) is 3.56. The number of rotatable bonds is 7. The highest BCUT2D eigenvalue weighted by molar-refractivity contribution is 7.99. The average molecular weight is 460 g/mol. The lowest BCUT2D eigenvalue weighted by molar-refractivity contribution is -0.113. The largest absolute Gasteiger partial charge is 0.325 e. The van der Waals surface area contributed by atoms with Crippen LogP contribution in [0.15, 0.2) is 53.7 Å². The van der Waals surface area contributed by atoms with Gasteiger partial charge in [-0.25, -0.2) is 4.39 Å². The Bertz CT molecular complexity index is 1040. The molecule has 9 heteroatoms. The van der Waals surface area contributed by atoms with Crippen LogP contribution >= 0.6 is 23.4 Å². The summed E-state index contributed by atoms with van der Waals surface area (Å²) in [6.45, 7) is 2.72. The number of hydrogen-bond donors (Lipinski definition) is 1. The molecule has 0 saturated carbocycles. The number of nitrogens with one attached hydrogen (secondary N) is 1. The first-order chi connectivity index (χ1) is 15.1. The second-order valence-electron chi connectivity index (χ2n) is 7.39. The zero-order valence-corrected chi connectivity index (χ0v) is 18.5. The fourth-order valence-corrected chi connectivity index (χ4v) is 4.52. The zero-order valence-electron chi connectivity index (χ0n) is 16.9. The molecule has 3 aromatic rings. The van der Waals surface area contributed by atoms with E-state index in [1.54, 1.807) is 36.4 Å². The van der Waals surface area contributed by atoms with Crippen molar-refractivity contribution in [3.8, 4) is 5.69 Å². The van der Waals surface area contributed by atoms with Crippen molar-refractivity contribution in [2.45, 2.75) is 31.0 Å². The van der Waals surface area contributed by atoms with Gasteiger partial charge in [0.15, 0.2) is 11.0 Å². The molecule has 6 nitrogen and oxygen atoms in total. The van der Waals surface area contributed by atoms with E-state index in [-0.39, 0.29) is 17.5 Å². The van der Waals surface area contributed by atoms with Crippen LogP contribution in [0.25, 0.3) is 5.69 Å². The lowest BCUT2D eigenvalue weighted by atomic mass is 10.1. The fraction of sp³-hybridized carbons (Fsp3) is 0.318. The first-order valence-corrected chi connectivity index (χ1v) is 11.6. The first kappa shape index (κ1) is 21.8. The molecule has 1 N–H and O–H groups in total. The van der Waals surface area contributed by atoms with Crippen LogP contribution in [0.3, 0.4) is 0 Å². The van der Waals surface area contributed by atoms with E-state index in [2.05, 4.69) is 20.4 Å². The van der Waals surface area contributed by atoms with Crippen LogP contribution in [-0.4, -0.2) is 44.4 Å². The molecule has 4 rings (SSSR count). The summed E-state index contributed by atoms with van der Waals surface area (Å²) in [5, 5.41) is 12.7. The minimum absolute atomic E-state index is 0.162. The topological polar surface area (TPSA) is 63.1 Å². The smallest absolute Gasteiger partial charge is 0.234 e. The molecule has 162 valence electrons. The van der Waals surface area contributed by atoms with Crippen molar-refractivity contribution < 1.29 is 9.18 Å². The van der Waals surface area contributed by atoms with Gasteiger partial charge in [-0.05, 0) is 68.4 Å². The molecule has 2 aromatic carbocycles. The van der Waals surface area contributed by atoms with Crippen LogP contribution < -0.4 is 5.32 Å². The minimum atomic E-state index is -0.301. The van der Waals surface area contributed by atoms with Crippen LogP contribution in [-0.2, 0) is 11.3 Å². The molecule has 0 radical (unpaired) electrons. The summed E-state index contributed by atoms with van der Waals surface area (Å²) in [6, 6.07) is 13.3. The molecule has 1 aliphatic rings. The molecule has 1 aromatic heterocycles. The van der Waals surface area contributed by atoms with Crippen molar-refractivity contribution in [2.75, 3.05) is 24.2 Å². The Morgan fingerprint density at radius 1 is 1.10 bits per heavy atom. The van der Waals surface area contributed by atoms with E-state index in [1.165, 1.54) is 43.2 Å². The maximum absolute atomic E-state index is 13.5. The van der Waals surface area contributed by atoms with Gasteiger partial charge in [0.05, 0.1) is 12.3 Å². The van der Waals surface area contributed by atoms with Crippen molar-refractivity contribution in [2.24, 2.45) is 0 Å². The molecule has 1 aliphatic heterocycles. The van der Waals surface area contributed by atoms with Crippen molar-refractivity contribution in [1.29, 1.82) is 0 Å². The SMILES string of the molecule is O=C(CSc1nnc(CN2CCCCC2)n1-c1ccc(F)cc1)Nc1cccc(Cl)c1. The zero-order chi connectivity index (χ0) is 21.6. The Morgan fingerprint density at radius 3 is 2.61 bits per heavy atom. The summed E-state index contributed by atoms with van der Waals surface area (Å²) in [5.41, 5.74) is 1.42. The van der Waals surface area contributed by atoms with Gasteiger partial charge in [0.2, 0.25) is 5.91 Å². The Kier molecular flexibility index (Phi) is 7.21. The molecule has 0 bridgehead atoms. The number of nitrogens with zero attached hydrogens (tertiary/aromatic N) is 4. The predicted octanol–water partition coefficient (Wildman–Crippen LogP) is 4.78. The average Bonchev–Trinajstić information content (AvgIpc) is 3.16. The van der Waals surface area contributed by atoms with E-state index in [0.717, 1.165) is 24.6 Å². The number of thioether (sulfide) groups is 1. The Labute approximate surface area is 189 Å². The van der Waals surface area contributed by atoms with E-state index in [0.29, 0.717) is 22.4 Å². The highest BCUT2D eigenvalue weighted by atomic mass is 35.5. The third-order valence-electron chi connectivity index (χ3n) is 5.04. The van der Waals surface area contributed by atoms with Gasteiger partial charge in [0.1, 0.15) is 5.82 Å². The maximum atomic E-state index is 13.5. The Hall–Kier alpha value is -2.42. The molecule has 1 amide bonds. The Balaban J connectivity index is 1.50. The van der Waals surface area contributed by atoms with Crippen LogP contribution in [0.2, 0.25) is 5.02 Å². The monoisotopic (exact) mass is 459 g/mol. The lowest BCUT2D eigenvalue weighted by Crippen LogP contribution is -2.30. The number of piperidine rings is 1. The second-order valence-corrected chi connectivity index (χ2v) is 8.77. The van der Waals surface area contributed by atoms with Crippen LogP contribution in [0.1, 0.15) is 25.1 Å². The van der Waals surface area contributed by atoms with Crippen molar-refractivity contribution in [1.82, 2.24) is 19.7 Å². The van der Waals surface area contributed by atoms with E-state index >= 15 is 0 Å². The molecule has 0 aliphatic carbocycles. The summed E-state index contributed by atoms with van der Waals surface area (Å²) < 4.78 is 15.4. The van der Waals surface area contributed by atoms with Gasteiger partial charge in [-0.3, -0.25) is 14.3 Å². The standard InChI is InChI=1S/C22H23ClFN5OS/c23-16-5-4-6-18(13-16)25-21(30)15-31-22-27-26-20(14-28-11-2-1-3-12-28)29(22)19-9-7-17(24)8-10-19/h4-10,13H,1-3,11-12,14-15H2,(H,25,30). The highest BCUT2D eigenvalue weighted by Crippen LogP contribution is 2.24. The molecule has 0 unspecified atom stereocenters. The lowest BCUT2D eigenvalue weighted by Gasteiger charge is -2.26. The molecule has 2 heterocycles. The van der Waals surface area contributed by atoms with E-state index in [4.69, 9.17) is 11.6 Å². The van der Waals surface area contributed by atoms with Crippen LogP contribution in [0.5, 0.6) is 0 Å². The maximum Gasteiger partial charge on any atom is 0.234 e. The van der Waals surface area contributed by atoms with E-state index < -0.39 is 0 Å². The molecule has 1 fully saturated rings. The Morgan fingerprint density at radius 2 is 1.87 bits per heavy atom. The second kappa shape index (κ2) is 10.3. The third kappa shape index (κ3) is 5.84. The van der Waals surface area contributed by atoms with Gasteiger partial charge in [-0.15, -0.1) is 10.2 Å². The van der Waals surface area contributed by atoms with Crippen molar-refractivity contribution in [3.63, 3.8) is 0 Å². The molecule has 31 heavy (non-hydrogen) atoms. The number of amides is 1. The van der Waals surface area contributed by atoms with Crippen molar-refractivity contribution >= 4 is 35.0 Å². The quantitative estimate of drug-likeness (QED) is 0.515. The number of benzene rings is 2. The summed E-state index contributed by atoms with van der Waals surface area (Å²) >= 11 is 7.27. The number of hydrogen-bond acceptors (Lipinski definition) is 5. The minimum Gasteiger partial charge on any atom is -0.325 e. The highest BCUT2D eigenvalue weighted by Gasteiger charge is 2.19. The van der Waals surface area contributed by atoms with Gasteiger partial charge in [-0.2, -0.15) is 0 Å². The number of aromatic nitrogens is 3.